The summed E-state index contributed by atoms with van der Waals surface area (Å²) in [6.07, 6.45) is 3.15. The molecule has 0 saturated heterocycles. The molecule has 2 heterocycles. The predicted octanol–water partition coefficient (Wildman–Crippen LogP) is 1.38. The lowest BCUT2D eigenvalue weighted by Crippen LogP contribution is -1.94. The van der Waals surface area contributed by atoms with Crippen molar-refractivity contribution < 1.29 is 0 Å². The number of nitrogens with zero attached hydrogens (tertiary/aromatic N) is 4. The van der Waals surface area contributed by atoms with Crippen molar-refractivity contribution in [2.75, 3.05) is 5.32 Å². The van der Waals surface area contributed by atoms with E-state index >= 15 is 0 Å². The summed E-state index contributed by atoms with van der Waals surface area (Å²) in [4.78, 5) is 8.86. The van der Waals surface area contributed by atoms with Gasteiger partial charge in [-0.25, -0.2) is 9.97 Å². The Morgan fingerprint density at radius 1 is 1.46 bits per heavy atom. The Balaban J connectivity index is 2.20. The molecule has 0 radical (unpaired) electrons. The van der Waals surface area contributed by atoms with Crippen LogP contribution in [-0.4, -0.2) is 19.6 Å². The summed E-state index contributed by atoms with van der Waals surface area (Å²) < 4.78 is 3.80. The first-order valence-corrected chi connectivity index (χ1v) is 4.45. The minimum atomic E-state index is 0.728. The molecule has 0 aliphatic carbocycles. The fourth-order valence-electron chi connectivity index (χ4n) is 0.835. The largest absolute Gasteiger partial charge is 0.322 e. The maximum atomic E-state index is 4.01. The first-order valence-electron chi connectivity index (χ1n) is 3.68. The summed E-state index contributed by atoms with van der Waals surface area (Å²) in [6.45, 7) is 1.95. The van der Waals surface area contributed by atoms with Gasteiger partial charge in [-0.1, -0.05) is 4.49 Å². The fourth-order valence-corrected chi connectivity index (χ4v) is 1.26. The van der Waals surface area contributed by atoms with Crippen LogP contribution in [0.25, 0.3) is 0 Å². The molecular weight excluding hydrogens is 186 g/mol. The van der Waals surface area contributed by atoms with Crippen molar-refractivity contribution in [2.45, 2.75) is 6.92 Å². The van der Waals surface area contributed by atoms with Gasteiger partial charge in [-0.2, -0.15) is 0 Å². The van der Waals surface area contributed by atoms with Crippen LogP contribution in [0.2, 0.25) is 0 Å². The molecule has 1 N–H and O–H groups in total. The zero-order chi connectivity index (χ0) is 9.10. The smallest absolute Gasteiger partial charge is 0.169 e. The molecule has 0 fully saturated rings. The normalized spacial score (nSPS) is 9.92. The zero-order valence-electron chi connectivity index (χ0n) is 6.93. The molecule has 2 aromatic heterocycles. The minimum Gasteiger partial charge on any atom is -0.322 e. The summed E-state index contributed by atoms with van der Waals surface area (Å²) >= 11 is 1.36. The van der Waals surface area contributed by atoms with Gasteiger partial charge in [0, 0.05) is 6.20 Å². The van der Waals surface area contributed by atoms with E-state index in [0.717, 1.165) is 16.5 Å². The molecule has 0 aromatic carbocycles. The van der Waals surface area contributed by atoms with Crippen LogP contribution in [0.1, 0.15) is 4.88 Å². The van der Waals surface area contributed by atoms with Crippen molar-refractivity contribution in [1.82, 2.24) is 19.6 Å². The van der Waals surface area contributed by atoms with Gasteiger partial charge in [-0.3, -0.25) is 0 Å². The van der Waals surface area contributed by atoms with E-state index in [-0.39, 0.29) is 0 Å². The van der Waals surface area contributed by atoms with Gasteiger partial charge >= 0.3 is 0 Å². The van der Waals surface area contributed by atoms with Crippen molar-refractivity contribution >= 4 is 23.2 Å². The molecule has 2 aromatic rings. The van der Waals surface area contributed by atoms with Gasteiger partial charge in [0.25, 0.3) is 0 Å². The molecule has 0 aliphatic rings. The topological polar surface area (TPSA) is 63.6 Å². The molecule has 0 saturated carbocycles. The van der Waals surface area contributed by atoms with Crippen molar-refractivity contribution in [2.24, 2.45) is 0 Å². The van der Waals surface area contributed by atoms with Gasteiger partial charge in [0.15, 0.2) is 5.82 Å². The molecular formula is C7H7N5S. The molecule has 0 spiro atoms. The van der Waals surface area contributed by atoms with Crippen molar-refractivity contribution in [3.8, 4) is 0 Å². The summed E-state index contributed by atoms with van der Waals surface area (Å²) in [5.41, 5.74) is 0. The molecule has 13 heavy (non-hydrogen) atoms. The lowest BCUT2D eigenvalue weighted by Gasteiger charge is -1.99. The van der Waals surface area contributed by atoms with Crippen molar-refractivity contribution in [1.29, 1.82) is 0 Å². The standard InChI is InChI=1S/C7H7N5S/c1-5-7(11-12-13-5)10-6-2-3-8-4-9-6/h2-4H,1H3,(H,8,9,10). The highest BCUT2D eigenvalue weighted by atomic mass is 32.1. The van der Waals surface area contributed by atoms with Crippen LogP contribution in [0.3, 0.4) is 0 Å². The maximum absolute atomic E-state index is 4.01. The highest BCUT2D eigenvalue weighted by molar-refractivity contribution is 7.05. The number of aromatic nitrogens is 4. The molecule has 2 rings (SSSR count). The van der Waals surface area contributed by atoms with Crippen LogP contribution in [0, 0.1) is 6.92 Å². The Labute approximate surface area is 79.0 Å². The molecule has 5 nitrogen and oxygen atoms in total. The van der Waals surface area contributed by atoms with Gasteiger partial charge in [-0.05, 0) is 24.5 Å². The van der Waals surface area contributed by atoms with E-state index in [9.17, 15) is 0 Å². The van der Waals surface area contributed by atoms with Crippen LogP contribution >= 0.6 is 11.5 Å². The minimum absolute atomic E-state index is 0.728. The summed E-state index contributed by atoms with van der Waals surface area (Å²) in [5.74, 6) is 1.48. The summed E-state index contributed by atoms with van der Waals surface area (Å²) in [6, 6.07) is 1.78. The SMILES string of the molecule is Cc1snnc1Nc1ccncn1. The third-order valence-electron chi connectivity index (χ3n) is 1.48. The van der Waals surface area contributed by atoms with Gasteiger partial charge in [0.1, 0.15) is 12.1 Å². The molecule has 66 valence electrons. The second kappa shape index (κ2) is 3.44. The molecule has 0 unspecified atom stereocenters. The first-order chi connectivity index (χ1) is 6.36. The Kier molecular flexibility index (Phi) is 2.13. The number of aryl methyl sites for hydroxylation is 1. The van der Waals surface area contributed by atoms with E-state index in [1.165, 1.54) is 17.9 Å². The Morgan fingerprint density at radius 2 is 2.38 bits per heavy atom. The number of rotatable bonds is 2. The van der Waals surface area contributed by atoms with E-state index in [4.69, 9.17) is 0 Å². The van der Waals surface area contributed by atoms with Gasteiger partial charge in [0.2, 0.25) is 0 Å². The number of nitrogens with one attached hydrogen (secondary N) is 1. The first kappa shape index (κ1) is 8.06. The summed E-state index contributed by atoms with van der Waals surface area (Å²) in [5, 5.41) is 6.95. The average Bonchev–Trinajstić information content (AvgIpc) is 2.54. The van der Waals surface area contributed by atoms with Gasteiger partial charge in [-0.15, -0.1) is 5.10 Å². The van der Waals surface area contributed by atoms with Crippen LogP contribution in [0.5, 0.6) is 0 Å². The Bertz CT molecular complexity index is 385. The Morgan fingerprint density at radius 3 is 3.00 bits per heavy atom. The summed E-state index contributed by atoms with van der Waals surface area (Å²) in [7, 11) is 0. The quantitative estimate of drug-likeness (QED) is 0.780. The highest BCUT2D eigenvalue weighted by Crippen LogP contribution is 2.17. The predicted molar refractivity (Wildman–Crippen MR) is 50.0 cm³/mol. The van der Waals surface area contributed by atoms with Gasteiger partial charge in [0.05, 0.1) is 4.88 Å². The van der Waals surface area contributed by atoms with E-state index in [1.54, 1.807) is 12.3 Å². The number of hydrogen-bond donors (Lipinski definition) is 1. The number of anilines is 2. The van der Waals surface area contributed by atoms with E-state index < -0.39 is 0 Å². The molecule has 0 amide bonds. The molecule has 0 atom stereocenters. The monoisotopic (exact) mass is 193 g/mol. The van der Waals surface area contributed by atoms with Gasteiger partial charge < -0.3 is 5.32 Å². The second-order valence-corrected chi connectivity index (χ2v) is 3.36. The van der Waals surface area contributed by atoms with Crippen LogP contribution < -0.4 is 5.32 Å². The van der Waals surface area contributed by atoms with E-state index in [2.05, 4.69) is 24.9 Å². The van der Waals surface area contributed by atoms with Crippen LogP contribution in [0.15, 0.2) is 18.6 Å². The fraction of sp³-hybridized carbons (Fsp3) is 0.143. The van der Waals surface area contributed by atoms with Crippen LogP contribution in [0.4, 0.5) is 11.6 Å². The zero-order valence-corrected chi connectivity index (χ0v) is 7.75. The Hall–Kier alpha value is -1.56. The second-order valence-electron chi connectivity index (χ2n) is 2.40. The molecule has 6 heteroatoms. The van der Waals surface area contributed by atoms with E-state index in [0.29, 0.717) is 0 Å². The van der Waals surface area contributed by atoms with Crippen molar-refractivity contribution in [3.05, 3.63) is 23.5 Å². The maximum Gasteiger partial charge on any atom is 0.169 e. The third-order valence-corrected chi connectivity index (χ3v) is 2.11. The average molecular weight is 193 g/mol. The van der Waals surface area contributed by atoms with Crippen LogP contribution in [-0.2, 0) is 0 Å². The van der Waals surface area contributed by atoms with Crippen molar-refractivity contribution in [3.63, 3.8) is 0 Å². The number of hydrogen-bond acceptors (Lipinski definition) is 6. The lowest BCUT2D eigenvalue weighted by atomic mass is 10.5. The molecule has 0 bridgehead atoms. The van der Waals surface area contributed by atoms with E-state index in [1.807, 2.05) is 6.92 Å². The lowest BCUT2D eigenvalue weighted by molar-refractivity contribution is 1.12. The molecule has 0 aliphatic heterocycles. The third kappa shape index (κ3) is 1.78. The highest BCUT2D eigenvalue weighted by Gasteiger charge is 2.02.